The van der Waals surface area contributed by atoms with Crippen molar-refractivity contribution >= 4 is 51.3 Å². The molecule has 0 radical (unpaired) electrons. The Morgan fingerprint density at radius 1 is 0.909 bits per heavy atom. The van der Waals surface area contributed by atoms with Crippen LogP contribution in [0.4, 0.5) is 17.1 Å². The molecule has 0 aliphatic carbocycles. The molecular weight excluding hydrogens is 430 g/mol. The van der Waals surface area contributed by atoms with Crippen LogP contribution >= 0.6 is 11.8 Å². The van der Waals surface area contributed by atoms with E-state index in [9.17, 15) is 9.59 Å². The van der Waals surface area contributed by atoms with E-state index in [1.54, 1.807) is 6.92 Å². The number of rotatable bonds is 5. The Bertz CT molecular complexity index is 1280. The lowest BCUT2D eigenvalue weighted by molar-refractivity contribution is -0.113. The third-order valence-electron chi connectivity index (χ3n) is 5.44. The van der Waals surface area contributed by atoms with E-state index in [2.05, 4.69) is 19.2 Å². The maximum absolute atomic E-state index is 12.5. The summed E-state index contributed by atoms with van der Waals surface area (Å²) in [4.78, 5) is 34.2. The number of Topliss-reactive ketones (excluding diaryl/α,β-unsaturated/α-hetero) is 1. The molecule has 0 saturated carbocycles. The van der Waals surface area contributed by atoms with Gasteiger partial charge in [0.05, 0.1) is 27.9 Å². The molecule has 0 spiro atoms. The average molecular weight is 456 g/mol. The molecule has 6 heteroatoms. The number of carbonyl (C=O) groups excluding carboxylic acids is 2. The van der Waals surface area contributed by atoms with Crippen molar-refractivity contribution in [3.8, 4) is 0 Å². The van der Waals surface area contributed by atoms with Crippen molar-refractivity contribution in [3.63, 3.8) is 0 Å². The minimum Gasteiger partial charge on any atom is -0.325 e. The van der Waals surface area contributed by atoms with E-state index >= 15 is 0 Å². The van der Waals surface area contributed by atoms with E-state index in [0.717, 1.165) is 44.5 Å². The molecule has 1 aliphatic rings. The minimum absolute atomic E-state index is 0.0128. The smallest absolute Gasteiger partial charge is 0.234 e. The summed E-state index contributed by atoms with van der Waals surface area (Å²) in [6.07, 6.45) is 0.484. The molecule has 1 aliphatic heterocycles. The molecule has 4 rings (SSSR count). The molecular formula is C27H25N3O2S. The lowest BCUT2D eigenvalue weighted by atomic mass is 10.0. The van der Waals surface area contributed by atoms with Gasteiger partial charge in [-0.15, -0.1) is 11.8 Å². The predicted octanol–water partition coefficient (Wildman–Crippen LogP) is 6.43. The summed E-state index contributed by atoms with van der Waals surface area (Å²) in [7, 11) is 0. The van der Waals surface area contributed by atoms with Gasteiger partial charge in [0.2, 0.25) is 5.91 Å². The molecule has 1 amide bonds. The molecule has 3 aromatic rings. The first-order valence-corrected chi connectivity index (χ1v) is 11.7. The number of amides is 1. The summed E-state index contributed by atoms with van der Waals surface area (Å²) < 4.78 is 0. The molecule has 5 nitrogen and oxygen atoms in total. The van der Waals surface area contributed by atoms with E-state index in [4.69, 9.17) is 9.98 Å². The van der Waals surface area contributed by atoms with Gasteiger partial charge < -0.3 is 5.32 Å². The third-order valence-corrected chi connectivity index (χ3v) is 6.42. The van der Waals surface area contributed by atoms with Gasteiger partial charge in [-0.25, -0.2) is 4.99 Å². The highest BCUT2D eigenvalue weighted by molar-refractivity contribution is 8.14. The fraction of sp³-hybridized carbons (Fsp3) is 0.185. The van der Waals surface area contributed by atoms with Crippen molar-refractivity contribution in [1.82, 2.24) is 0 Å². The molecule has 33 heavy (non-hydrogen) atoms. The average Bonchev–Trinajstić information content (AvgIpc) is 2.98. The van der Waals surface area contributed by atoms with Crippen LogP contribution in [0.2, 0.25) is 0 Å². The van der Waals surface area contributed by atoms with Crippen LogP contribution in [0.25, 0.3) is 0 Å². The fourth-order valence-corrected chi connectivity index (χ4v) is 4.27. The van der Waals surface area contributed by atoms with Crippen LogP contribution in [0.1, 0.15) is 40.4 Å². The first-order valence-electron chi connectivity index (χ1n) is 10.7. The lowest BCUT2D eigenvalue weighted by Crippen LogP contribution is -2.16. The zero-order valence-electron chi connectivity index (χ0n) is 18.9. The number of nitrogens with one attached hydrogen (secondary N) is 1. The van der Waals surface area contributed by atoms with Crippen LogP contribution in [-0.2, 0) is 4.79 Å². The van der Waals surface area contributed by atoms with E-state index in [1.165, 1.54) is 11.8 Å². The van der Waals surface area contributed by atoms with Gasteiger partial charge in [-0.1, -0.05) is 36.4 Å². The Morgan fingerprint density at radius 3 is 2.30 bits per heavy atom. The summed E-state index contributed by atoms with van der Waals surface area (Å²) in [5, 5.41) is 3.73. The normalized spacial score (nSPS) is 12.8. The highest BCUT2D eigenvalue weighted by atomic mass is 32.2. The molecule has 0 unspecified atom stereocenters. The van der Waals surface area contributed by atoms with Crippen molar-refractivity contribution in [1.29, 1.82) is 0 Å². The largest absolute Gasteiger partial charge is 0.325 e. The summed E-state index contributed by atoms with van der Waals surface area (Å²) in [5.74, 6) is 0.170. The number of para-hydroxylation sites is 1. The lowest BCUT2D eigenvalue weighted by Gasteiger charge is -2.09. The summed E-state index contributed by atoms with van der Waals surface area (Å²) >= 11 is 1.41. The Hall–Kier alpha value is -3.51. The Labute approximate surface area is 198 Å². The predicted molar refractivity (Wildman–Crippen MR) is 138 cm³/mol. The highest BCUT2D eigenvalue weighted by Gasteiger charge is 2.18. The van der Waals surface area contributed by atoms with Crippen molar-refractivity contribution in [2.45, 2.75) is 27.2 Å². The fourth-order valence-electron chi connectivity index (χ4n) is 3.50. The van der Waals surface area contributed by atoms with Crippen molar-refractivity contribution < 1.29 is 9.59 Å². The molecule has 0 aromatic heterocycles. The number of fused-ring (bicyclic) bond motifs is 1. The number of carbonyl (C=O) groups is 2. The highest BCUT2D eigenvalue weighted by Crippen LogP contribution is 2.36. The topological polar surface area (TPSA) is 70.9 Å². The Kier molecular flexibility index (Phi) is 6.84. The number of nitrogens with zero attached hydrogens (tertiary/aromatic N) is 2. The van der Waals surface area contributed by atoms with Crippen LogP contribution in [0.3, 0.4) is 0 Å². The summed E-state index contributed by atoms with van der Waals surface area (Å²) in [6, 6.07) is 21.0. The number of aliphatic imine (C=N–C) groups is 2. The van der Waals surface area contributed by atoms with E-state index in [-0.39, 0.29) is 17.4 Å². The molecule has 0 fully saturated rings. The Morgan fingerprint density at radius 2 is 1.61 bits per heavy atom. The second kappa shape index (κ2) is 9.96. The number of hydrogen-bond donors (Lipinski definition) is 1. The molecule has 0 bridgehead atoms. The van der Waals surface area contributed by atoms with Crippen molar-refractivity contribution in [2.24, 2.45) is 9.98 Å². The van der Waals surface area contributed by atoms with Gasteiger partial charge in [-0.3, -0.25) is 14.6 Å². The summed E-state index contributed by atoms with van der Waals surface area (Å²) in [6.45, 7) is 5.67. The zero-order valence-corrected chi connectivity index (χ0v) is 19.7. The number of ketones is 1. The van der Waals surface area contributed by atoms with E-state index in [0.29, 0.717) is 12.0 Å². The van der Waals surface area contributed by atoms with Gasteiger partial charge in [0.1, 0.15) is 0 Å². The van der Waals surface area contributed by atoms with Crippen LogP contribution < -0.4 is 5.32 Å². The van der Waals surface area contributed by atoms with Gasteiger partial charge in [0, 0.05) is 17.7 Å². The van der Waals surface area contributed by atoms with Gasteiger partial charge in [-0.05, 0) is 67.8 Å². The zero-order chi connectivity index (χ0) is 23.4. The SMILES string of the molecule is CC(=O)c1cccc(C2=Nc3cc(C)c(C)cc3N=C(SCC(=O)Nc3ccccc3)C2)c1. The molecule has 166 valence electrons. The molecule has 0 saturated heterocycles. The van der Waals surface area contributed by atoms with Gasteiger partial charge in [-0.2, -0.15) is 0 Å². The minimum atomic E-state index is -0.0875. The van der Waals surface area contributed by atoms with Crippen molar-refractivity contribution in [3.05, 3.63) is 89.0 Å². The van der Waals surface area contributed by atoms with Crippen LogP contribution in [-0.4, -0.2) is 28.2 Å². The van der Waals surface area contributed by atoms with E-state index < -0.39 is 0 Å². The van der Waals surface area contributed by atoms with E-state index in [1.807, 2.05) is 66.7 Å². The molecule has 0 atom stereocenters. The standard InChI is InChI=1S/C27H25N3O2S/c1-17-12-24-25(13-18(17)2)30-27(33-16-26(32)28-22-10-5-4-6-11-22)15-23(29-24)21-9-7-8-20(14-21)19(3)31/h4-14H,15-16H2,1-3H3,(H,28,32). The van der Waals surface area contributed by atoms with Crippen LogP contribution in [0.5, 0.6) is 0 Å². The molecule has 1 N–H and O–H groups in total. The second-order valence-electron chi connectivity index (χ2n) is 8.01. The number of anilines is 1. The second-order valence-corrected chi connectivity index (χ2v) is 9.05. The molecule has 3 aromatic carbocycles. The van der Waals surface area contributed by atoms with Gasteiger partial charge in [0.15, 0.2) is 5.78 Å². The monoisotopic (exact) mass is 455 g/mol. The van der Waals surface area contributed by atoms with Gasteiger partial charge >= 0.3 is 0 Å². The first kappa shape index (κ1) is 22.7. The molecule has 1 heterocycles. The Balaban J connectivity index is 1.63. The number of benzene rings is 3. The number of hydrogen-bond acceptors (Lipinski definition) is 5. The maximum atomic E-state index is 12.5. The third kappa shape index (κ3) is 5.65. The van der Waals surface area contributed by atoms with Crippen LogP contribution in [0.15, 0.2) is 76.7 Å². The van der Waals surface area contributed by atoms with Crippen LogP contribution in [0, 0.1) is 13.8 Å². The first-order chi connectivity index (χ1) is 15.9. The number of aryl methyl sites for hydroxylation is 2. The van der Waals surface area contributed by atoms with Gasteiger partial charge in [0.25, 0.3) is 0 Å². The maximum Gasteiger partial charge on any atom is 0.234 e. The van der Waals surface area contributed by atoms with Crippen molar-refractivity contribution in [2.75, 3.05) is 11.1 Å². The quantitative estimate of drug-likeness (QED) is 0.451. The number of thioether (sulfide) groups is 1. The summed E-state index contributed by atoms with van der Waals surface area (Å²) in [5.41, 5.74) is 7.00.